The predicted octanol–water partition coefficient (Wildman–Crippen LogP) is 1.54. The summed E-state index contributed by atoms with van der Waals surface area (Å²) in [6, 6.07) is 0. The van der Waals surface area contributed by atoms with E-state index in [1.165, 1.54) is 0 Å². The lowest BCUT2D eigenvalue weighted by Crippen LogP contribution is -2.27. The summed E-state index contributed by atoms with van der Waals surface area (Å²) in [5.41, 5.74) is -0.550. The van der Waals surface area contributed by atoms with Crippen LogP contribution in [0.5, 0.6) is 0 Å². The Bertz CT molecular complexity index is 152. The van der Waals surface area contributed by atoms with Crippen LogP contribution in [0.3, 0.4) is 0 Å². The maximum atomic E-state index is 9.39. The monoisotopic (exact) mass is 183 g/mol. The van der Waals surface area contributed by atoms with Crippen molar-refractivity contribution in [3.63, 3.8) is 0 Å². The molecule has 0 aliphatic rings. The summed E-state index contributed by atoms with van der Waals surface area (Å²) >= 11 is 0. The van der Waals surface area contributed by atoms with Gasteiger partial charge in [-0.25, -0.2) is 0 Å². The molecule has 0 rings (SSSR count). The van der Waals surface area contributed by atoms with Crippen LogP contribution in [0.25, 0.3) is 0 Å². The first-order chi connectivity index (χ1) is 6.06. The largest absolute Gasteiger partial charge is 0.390 e. The van der Waals surface area contributed by atoms with Crippen LogP contribution < -0.4 is 5.32 Å². The second kappa shape index (κ2) is 6.94. The number of aliphatic hydroxyl groups is 1. The van der Waals surface area contributed by atoms with Gasteiger partial charge in [-0.05, 0) is 46.2 Å². The molecule has 2 nitrogen and oxygen atoms in total. The summed E-state index contributed by atoms with van der Waals surface area (Å²) in [6.45, 7) is 5.53. The first-order valence-corrected chi connectivity index (χ1v) is 4.93. The van der Waals surface area contributed by atoms with Crippen LogP contribution in [0, 0.1) is 12.3 Å². The van der Waals surface area contributed by atoms with Crippen LogP contribution in [0.1, 0.15) is 39.5 Å². The van der Waals surface area contributed by atoms with Gasteiger partial charge in [0.2, 0.25) is 0 Å². The average Bonchev–Trinajstić information content (AvgIpc) is 2.01. The zero-order valence-corrected chi connectivity index (χ0v) is 8.77. The topological polar surface area (TPSA) is 32.3 Å². The van der Waals surface area contributed by atoms with Crippen LogP contribution in [0.15, 0.2) is 0 Å². The highest BCUT2D eigenvalue weighted by atomic mass is 16.3. The molecule has 0 aromatic heterocycles. The molecule has 0 saturated carbocycles. The Hall–Kier alpha value is -0.520. The first kappa shape index (κ1) is 12.5. The van der Waals surface area contributed by atoms with Gasteiger partial charge in [0.15, 0.2) is 0 Å². The summed E-state index contributed by atoms with van der Waals surface area (Å²) in [6.07, 6.45) is 9.00. The number of hydrogen-bond acceptors (Lipinski definition) is 2. The Morgan fingerprint density at radius 3 is 2.54 bits per heavy atom. The maximum absolute atomic E-state index is 9.39. The van der Waals surface area contributed by atoms with E-state index in [4.69, 9.17) is 6.42 Å². The van der Waals surface area contributed by atoms with E-state index < -0.39 is 5.60 Å². The van der Waals surface area contributed by atoms with E-state index >= 15 is 0 Å². The molecule has 0 bridgehead atoms. The van der Waals surface area contributed by atoms with Gasteiger partial charge in [0.1, 0.15) is 0 Å². The number of nitrogens with one attached hydrogen (secondary N) is 1. The predicted molar refractivity (Wildman–Crippen MR) is 56.5 cm³/mol. The van der Waals surface area contributed by atoms with Gasteiger partial charge in [-0.15, -0.1) is 12.3 Å². The van der Waals surface area contributed by atoms with Crippen molar-refractivity contribution in [2.45, 2.75) is 45.1 Å². The van der Waals surface area contributed by atoms with Crippen LogP contribution in [-0.2, 0) is 0 Å². The molecular weight excluding hydrogens is 162 g/mol. The van der Waals surface area contributed by atoms with Gasteiger partial charge in [-0.3, -0.25) is 0 Å². The van der Waals surface area contributed by atoms with E-state index in [-0.39, 0.29) is 0 Å². The fourth-order valence-corrected chi connectivity index (χ4v) is 0.996. The zero-order valence-electron chi connectivity index (χ0n) is 8.77. The molecule has 0 fully saturated rings. The van der Waals surface area contributed by atoms with Crippen LogP contribution in [-0.4, -0.2) is 23.8 Å². The number of terminal acetylenes is 1. The van der Waals surface area contributed by atoms with Crippen molar-refractivity contribution < 1.29 is 5.11 Å². The van der Waals surface area contributed by atoms with Gasteiger partial charge >= 0.3 is 0 Å². The molecule has 76 valence electrons. The molecule has 0 heterocycles. The molecule has 0 amide bonds. The second-order valence-corrected chi connectivity index (χ2v) is 3.97. The van der Waals surface area contributed by atoms with E-state index in [2.05, 4.69) is 11.2 Å². The highest BCUT2D eigenvalue weighted by molar-refractivity contribution is 4.82. The van der Waals surface area contributed by atoms with Crippen molar-refractivity contribution in [3.05, 3.63) is 0 Å². The van der Waals surface area contributed by atoms with Gasteiger partial charge in [0.25, 0.3) is 0 Å². The van der Waals surface area contributed by atoms with Crippen LogP contribution >= 0.6 is 0 Å². The molecule has 0 radical (unpaired) electrons. The third-order valence-electron chi connectivity index (χ3n) is 1.84. The van der Waals surface area contributed by atoms with Crippen molar-refractivity contribution in [3.8, 4) is 12.3 Å². The number of unbranched alkanes of at least 4 members (excludes halogenated alkanes) is 2. The fraction of sp³-hybridized carbons (Fsp3) is 0.818. The molecular formula is C11H21NO. The maximum Gasteiger partial charge on any atom is 0.0603 e. The molecule has 0 aliphatic heterocycles. The Balaban J connectivity index is 3.05. The molecule has 0 atom stereocenters. The van der Waals surface area contributed by atoms with Crippen molar-refractivity contribution in [2.24, 2.45) is 0 Å². The van der Waals surface area contributed by atoms with Crippen molar-refractivity contribution in [2.75, 3.05) is 13.1 Å². The molecule has 0 saturated heterocycles. The Morgan fingerprint density at radius 1 is 1.31 bits per heavy atom. The zero-order chi connectivity index (χ0) is 10.2. The van der Waals surface area contributed by atoms with E-state index in [9.17, 15) is 5.11 Å². The highest BCUT2D eigenvalue weighted by Crippen LogP contribution is 2.04. The minimum absolute atomic E-state index is 0.550. The smallest absolute Gasteiger partial charge is 0.0603 e. The lowest BCUT2D eigenvalue weighted by molar-refractivity contribution is 0.0712. The molecule has 0 aliphatic carbocycles. The summed E-state index contributed by atoms with van der Waals surface area (Å²) in [7, 11) is 0. The summed E-state index contributed by atoms with van der Waals surface area (Å²) in [5.74, 6) is 2.62. The van der Waals surface area contributed by atoms with Gasteiger partial charge in [0.05, 0.1) is 5.60 Å². The lowest BCUT2D eigenvalue weighted by Gasteiger charge is -2.16. The van der Waals surface area contributed by atoms with Crippen LogP contribution in [0.4, 0.5) is 0 Å². The van der Waals surface area contributed by atoms with E-state index in [1.807, 2.05) is 13.8 Å². The minimum Gasteiger partial charge on any atom is -0.390 e. The first-order valence-electron chi connectivity index (χ1n) is 4.93. The molecule has 0 unspecified atom stereocenters. The molecule has 0 aromatic carbocycles. The normalized spacial score (nSPS) is 11.2. The van der Waals surface area contributed by atoms with Crippen molar-refractivity contribution in [1.29, 1.82) is 0 Å². The molecule has 0 aromatic rings. The standard InChI is InChI=1S/C11H21NO/c1-4-5-6-7-9-12-10-8-11(2,3)13/h1,12-13H,5-10H2,2-3H3. The minimum atomic E-state index is -0.550. The second-order valence-electron chi connectivity index (χ2n) is 3.97. The number of rotatable bonds is 7. The lowest BCUT2D eigenvalue weighted by atomic mass is 10.1. The average molecular weight is 183 g/mol. The third-order valence-corrected chi connectivity index (χ3v) is 1.84. The summed E-state index contributed by atoms with van der Waals surface area (Å²) in [5, 5.41) is 12.7. The summed E-state index contributed by atoms with van der Waals surface area (Å²) < 4.78 is 0. The summed E-state index contributed by atoms with van der Waals surface area (Å²) in [4.78, 5) is 0. The third kappa shape index (κ3) is 11.5. The number of hydrogen-bond donors (Lipinski definition) is 2. The van der Waals surface area contributed by atoms with Gasteiger partial charge in [-0.2, -0.15) is 0 Å². The van der Waals surface area contributed by atoms with Gasteiger partial charge in [0, 0.05) is 6.42 Å². The Labute approximate surface area is 81.7 Å². The molecule has 2 N–H and O–H groups in total. The van der Waals surface area contributed by atoms with Crippen molar-refractivity contribution >= 4 is 0 Å². The van der Waals surface area contributed by atoms with E-state index in [0.29, 0.717) is 0 Å². The van der Waals surface area contributed by atoms with Gasteiger partial charge in [-0.1, -0.05) is 0 Å². The van der Waals surface area contributed by atoms with E-state index in [1.54, 1.807) is 0 Å². The quantitative estimate of drug-likeness (QED) is 0.463. The molecule has 2 heteroatoms. The van der Waals surface area contributed by atoms with Crippen LogP contribution in [0.2, 0.25) is 0 Å². The molecule has 13 heavy (non-hydrogen) atoms. The molecule has 0 spiro atoms. The van der Waals surface area contributed by atoms with Gasteiger partial charge < -0.3 is 10.4 Å². The Morgan fingerprint density at radius 2 is 2.00 bits per heavy atom. The fourth-order valence-electron chi connectivity index (χ4n) is 0.996. The Kier molecular flexibility index (Phi) is 6.66. The van der Waals surface area contributed by atoms with E-state index in [0.717, 1.165) is 38.8 Å². The SMILES string of the molecule is C#CCCCCNCCC(C)(C)O. The van der Waals surface area contributed by atoms with Crippen molar-refractivity contribution in [1.82, 2.24) is 5.32 Å². The highest BCUT2D eigenvalue weighted by Gasteiger charge is 2.10.